The Morgan fingerprint density at radius 1 is 1.47 bits per heavy atom. The van der Waals surface area contributed by atoms with Gasteiger partial charge in [0.25, 0.3) is 0 Å². The first kappa shape index (κ1) is 14.9. The summed E-state index contributed by atoms with van der Waals surface area (Å²) >= 11 is 0. The van der Waals surface area contributed by atoms with Crippen LogP contribution in [0.15, 0.2) is 0 Å². The number of sulfonamides is 1. The van der Waals surface area contributed by atoms with Crippen molar-refractivity contribution in [2.45, 2.75) is 32.8 Å². The predicted molar refractivity (Wildman–Crippen MR) is 68.2 cm³/mol. The van der Waals surface area contributed by atoms with Crippen LogP contribution in [0.3, 0.4) is 0 Å². The number of ether oxygens (including phenoxy) is 1. The van der Waals surface area contributed by atoms with Crippen molar-refractivity contribution < 1.29 is 13.2 Å². The lowest BCUT2D eigenvalue weighted by Gasteiger charge is -2.31. The van der Waals surface area contributed by atoms with Crippen molar-refractivity contribution in [1.82, 2.24) is 4.31 Å². The average molecular weight is 264 g/mol. The van der Waals surface area contributed by atoms with Crippen LogP contribution in [-0.2, 0) is 14.8 Å². The molecule has 1 unspecified atom stereocenters. The minimum Gasteiger partial charge on any atom is -0.378 e. The second kappa shape index (κ2) is 6.68. The minimum atomic E-state index is -3.17. The third-order valence-corrected chi connectivity index (χ3v) is 4.80. The Morgan fingerprint density at radius 3 is 2.76 bits per heavy atom. The molecular weight excluding hydrogens is 240 g/mol. The zero-order chi connectivity index (χ0) is 12.9. The van der Waals surface area contributed by atoms with Gasteiger partial charge in [-0.25, -0.2) is 12.7 Å². The molecule has 0 radical (unpaired) electrons. The quantitative estimate of drug-likeness (QED) is 0.754. The van der Waals surface area contributed by atoms with Gasteiger partial charge in [-0.2, -0.15) is 0 Å². The summed E-state index contributed by atoms with van der Waals surface area (Å²) in [6.45, 7) is 5.83. The van der Waals surface area contributed by atoms with Crippen molar-refractivity contribution in [2.75, 3.05) is 32.0 Å². The standard InChI is InChI=1S/C11H24N2O3S/c1-10(2)16-6-7-17(14,15)13-5-3-4-11(8-12)9-13/h10-11H,3-9,12H2,1-2H3. The number of nitrogens with two attached hydrogens (primary N) is 1. The normalized spacial score (nSPS) is 23.2. The third-order valence-electron chi connectivity index (χ3n) is 3.00. The van der Waals surface area contributed by atoms with Gasteiger partial charge < -0.3 is 10.5 Å². The highest BCUT2D eigenvalue weighted by Crippen LogP contribution is 2.18. The van der Waals surface area contributed by atoms with Gasteiger partial charge in [-0.05, 0) is 39.2 Å². The van der Waals surface area contributed by atoms with Crippen molar-refractivity contribution in [1.29, 1.82) is 0 Å². The van der Waals surface area contributed by atoms with Crippen LogP contribution in [0.1, 0.15) is 26.7 Å². The summed E-state index contributed by atoms with van der Waals surface area (Å²) in [7, 11) is -3.17. The fraction of sp³-hybridized carbons (Fsp3) is 1.00. The monoisotopic (exact) mass is 264 g/mol. The van der Waals surface area contributed by atoms with Crippen LogP contribution in [0.2, 0.25) is 0 Å². The van der Waals surface area contributed by atoms with Crippen LogP contribution in [0.4, 0.5) is 0 Å². The molecule has 1 heterocycles. The Bertz CT molecular complexity index is 317. The van der Waals surface area contributed by atoms with E-state index in [0.717, 1.165) is 12.8 Å². The number of hydrogen-bond donors (Lipinski definition) is 1. The minimum absolute atomic E-state index is 0.0719. The van der Waals surface area contributed by atoms with Gasteiger partial charge in [0, 0.05) is 13.1 Å². The fourth-order valence-corrected chi connectivity index (χ4v) is 3.40. The van der Waals surface area contributed by atoms with Gasteiger partial charge in [-0.1, -0.05) is 0 Å². The number of nitrogens with zero attached hydrogens (tertiary/aromatic N) is 1. The lowest BCUT2D eigenvalue weighted by molar-refractivity contribution is 0.0904. The van der Waals surface area contributed by atoms with Crippen LogP contribution in [0.5, 0.6) is 0 Å². The smallest absolute Gasteiger partial charge is 0.216 e. The number of piperidine rings is 1. The van der Waals surface area contributed by atoms with Crippen LogP contribution in [0.25, 0.3) is 0 Å². The Kier molecular flexibility index (Phi) is 5.85. The largest absolute Gasteiger partial charge is 0.378 e. The van der Waals surface area contributed by atoms with Crippen LogP contribution in [0, 0.1) is 5.92 Å². The average Bonchev–Trinajstić information content (AvgIpc) is 2.28. The van der Waals surface area contributed by atoms with Crippen molar-refractivity contribution in [3.63, 3.8) is 0 Å². The summed E-state index contributed by atoms with van der Waals surface area (Å²) in [6, 6.07) is 0. The molecule has 0 aliphatic carbocycles. The first-order valence-electron chi connectivity index (χ1n) is 6.25. The van der Waals surface area contributed by atoms with Crippen LogP contribution in [-0.4, -0.2) is 50.8 Å². The molecule has 1 atom stereocenters. The summed E-state index contributed by atoms with van der Waals surface area (Å²) in [5, 5.41) is 0. The van der Waals surface area contributed by atoms with E-state index in [1.165, 1.54) is 0 Å². The Hall–Kier alpha value is -0.170. The van der Waals surface area contributed by atoms with Crippen molar-refractivity contribution in [2.24, 2.45) is 11.7 Å². The highest BCUT2D eigenvalue weighted by atomic mass is 32.2. The van der Waals surface area contributed by atoms with Crippen molar-refractivity contribution >= 4 is 10.0 Å². The first-order chi connectivity index (χ1) is 7.95. The molecule has 5 nitrogen and oxygen atoms in total. The topological polar surface area (TPSA) is 72.6 Å². The molecule has 6 heteroatoms. The molecule has 1 rings (SSSR count). The Morgan fingerprint density at radius 2 is 2.18 bits per heavy atom. The van der Waals surface area contributed by atoms with Gasteiger partial charge in [0.05, 0.1) is 18.5 Å². The summed E-state index contributed by atoms with van der Waals surface area (Å²) in [6.07, 6.45) is 2.01. The Balaban J connectivity index is 2.46. The lowest BCUT2D eigenvalue weighted by atomic mass is 10.0. The molecule has 0 bridgehead atoms. The van der Waals surface area contributed by atoms with Gasteiger partial charge in [-0.15, -0.1) is 0 Å². The zero-order valence-corrected chi connectivity index (χ0v) is 11.6. The summed E-state index contributed by atoms with van der Waals surface area (Å²) < 4.78 is 30.9. The highest BCUT2D eigenvalue weighted by molar-refractivity contribution is 7.89. The van der Waals surface area contributed by atoms with Crippen LogP contribution < -0.4 is 5.73 Å². The molecule has 1 fully saturated rings. The maximum absolute atomic E-state index is 12.0. The zero-order valence-electron chi connectivity index (χ0n) is 10.8. The van der Waals surface area contributed by atoms with Gasteiger partial charge >= 0.3 is 0 Å². The maximum Gasteiger partial charge on any atom is 0.216 e. The van der Waals surface area contributed by atoms with Gasteiger partial charge in [0.1, 0.15) is 0 Å². The Labute approximate surface area is 104 Å². The van der Waals surface area contributed by atoms with Gasteiger partial charge in [0.15, 0.2) is 0 Å². The SMILES string of the molecule is CC(C)OCCS(=O)(=O)N1CCCC(CN)C1. The molecule has 0 amide bonds. The predicted octanol–water partition coefficient (Wildman–Crippen LogP) is 0.412. The van der Waals surface area contributed by atoms with Crippen molar-refractivity contribution in [3.8, 4) is 0 Å². The number of rotatable bonds is 6. The second-order valence-corrected chi connectivity index (χ2v) is 6.93. The highest BCUT2D eigenvalue weighted by Gasteiger charge is 2.27. The van der Waals surface area contributed by atoms with Gasteiger partial charge in [-0.3, -0.25) is 0 Å². The van der Waals surface area contributed by atoms with E-state index in [2.05, 4.69) is 0 Å². The third kappa shape index (κ3) is 4.91. The molecular formula is C11H24N2O3S. The van der Waals surface area contributed by atoms with Gasteiger partial charge in [0.2, 0.25) is 10.0 Å². The van der Waals surface area contributed by atoms with Crippen LogP contribution >= 0.6 is 0 Å². The molecule has 102 valence electrons. The summed E-state index contributed by atoms with van der Waals surface area (Å²) in [5.41, 5.74) is 5.60. The molecule has 0 saturated carbocycles. The second-order valence-electron chi connectivity index (χ2n) is 4.84. The van der Waals surface area contributed by atoms with E-state index in [1.54, 1.807) is 4.31 Å². The summed E-state index contributed by atoms with van der Waals surface area (Å²) in [5.74, 6) is 0.382. The number of hydrogen-bond acceptors (Lipinski definition) is 4. The van der Waals surface area contributed by atoms with E-state index >= 15 is 0 Å². The lowest BCUT2D eigenvalue weighted by Crippen LogP contribution is -2.43. The van der Waals surface area contributed by atoms with E-state index in [1.807, 2.05) is 13.8 Å². The molecule has 2 N–H and O–H groups in total. The molecule has 0 aromatic rings. The summed E-state index contributed by atoms with van der Waals surface area (Å²) in [4.78, 5) is 0. The van der Waals surface area contributed by atoms with Crippen molar-refractivity contribution in [3.05, 3.63) is 0 Å². The molecule has 1 saturated heterocycles. The maximum atomic E-state index is 12.0. The molecule has 0 aromatic carbocycles. The van der Waals surface area contributed by atoms with E-state index in [9.17, 15) is 8.42 Å². The van der Waals surface area contributed by atoms with E-state index in [4.69, 9.17) is 10.5 Å². The molecule has 0 spiro atoms. The van der Waals surface area contributed by atoms with E-state index in [0.29, 0.717) is 25.6 Å². The fourth-order valence-electron chi connectivity index (χ4n) is 1.99. The van der Waals surface area contributed by atoms with E-state index in [-0.39, 0.29) is 18.5 Å². The molecule has 1 aliphatic heterocycles. The molecule has 1 aliphatic rings. The van der Waals surface area contributed by atoms with E-state index < -0.39 is 10.0 Å². The molecule has 0 aromatic heterocycles. The molecule has 17 heavy (non-hydrogen) atoms. The first-order valence-corrected chi connectivity index (χ1v) is 7.86.